The monoisotopic (exact) mass is 278 g/mol. The van der Waals surface area contributed by atoms with E-state index < -0.39 is 11.6 Å². The van der Waals surface area contributed by atoms with Crippen LogP contribution in [0.4, 0.5) is 16.3 Å². The second-order valence-corrected chi connectivity index (χ2v) is 6.15. The maximum atomic E-state index is 11.5. The Labute approximate surface area is 119 Å². The molecular weight excluding hydrogens is 256 g/mol. The summed E-state index contributed by atoms with van der Waals surface area (Å²) in [5.74, 6) is 0.492. The highest BCUT2D eigenvalue weighted by Gasteiger charge is 2.37. The molecule has 20 heavy (non-hydrogen) atoms. The second-order valence-electron chi connectivity index (χ2n) is 6.15. The van der Waals surface area contributed by atoms with Gasteiger partial charge in [-0.2, -0.15) is 0 Å². The van der Waals surface area contributed by atoms with E-state index in [1.165, 1.54) is 0 Å². The number of anilines is 2. The number of carboxylic acid groups (broad SMARTS) is 1. The average molecular weight is 278 g/mol. The third-order valence-electron chi connectivity index (χ3n) is 3.59. The SMILES string of the molecule is CC(C)(C)N(C(=O)O)C1CCN(c2ccc(N)nc2)C1. The molecule has 6 heteroatoms. The lowest BCUT2D eigenvalue weighted by atomic mass is 10.0. The van der Waals surface area contributed by atoms with Crippen molar-refractivity contribution in [3.8, 4) is 0 Å². The molecule has 0 radical (unpaired) electrons. The summed E-state index contributed by atoms with van der Waals surface area (Å²) in [6.45, 7) is 7.29. The largest absolute Gasteiger partial charge is 0.465 e. The number of hydrogen-bond acceptors (Lipinski definition) is 4. The number of hydrogen-bond donors (Lipinski definition) is 2. The molecule has 0 bridgehead atoms. The van der Waals surface area contributed by atoms with Crippen LogP contribution < -0.4 is 10.6 Å². The Morgan fingerprint density at radius 2 is 2.20 bits per heavy atom. The fourth-order valence-electron chi connectivity index (χ4n) is 2.76. The average Bonchev–Trinajstić information content (AvgIpc) is 2.76. The maximum absolute atomic E-state index is 11.5. The first-order valence-corrected chi connectivity index (χ1v) is 6.78. The van der Waals surface area contributed by atoms with Crippen molar-refractivity contribution < 1.29 is 9.90 Å². The zero-order valence-corrected chi connectivity index (χ0v) is 12.2. The summed E-state index contributed by atoms with van der Waals surface area (Å²) in [5, 5.41) is 9.44. The fourth-order valence-corrected chi connectivity index (χ4v) is 2.76. The summed E-state index contributed by atoms with van der Waals surface area (Å²) in [6, 6.07) is 3.69. The van der Waals surface area contributed by atoms with Gasteiger partial charge in [-0.25, -0.2) is 9.78 Å². The summed E-state index contributed by atoms with van der Waals surface area (Å²) in [7, 11) is 0. The van der Waals surface area contributed by atoms with Crippen molar-refractivity contribution in [2.45, 2.75) is 38.8 Å². The minimum absolute atomic E-state index is 0.00468. The van der Waals surface area contributed by atoms with E-state index in [0.717, 1.165) is 18.7 Å². The molecule has 0 aromatic carbocycles. The number of nitrogen functional groups attached to an aromatic ring is 1. The van der Waals surface area contributed by atoms with Gasteiger partial charge in [0.15, 0.2) is 0 Å². The fraction of sp³-hybridized carbons (Fsp3) is 0.571. The van der Waals surface area contributed by atoms with Crippen LogP contribution in [0.25, 0.3) is 0 Å². The number of rotatable bonds is 2. The zero-order valence-electron chi connectivity index (χ0n) is 12.2. The van der Waals surface area contributed by atoms with Gasteiger partial charge < -0.3 is 15.7 Å². The molecule has 2 heterocycles. The Bertz CT molecular complexity index is 481. The lowest BCUT2D eigenvalue weighted by molar-refractivity contribution is 0.0763. The highest BCUT2D eigenvalue weighted by atomic mass is 16.4. The summed E-state index contributed by atoms with van der Waals surface area (Å²) < 4.78 is 0. The molecule has 1 aromatic heterocycles. The molecule has 1 aliphatic heterocycles. The smallest absolute Gasteiger partial charge is 0.408 e. The lowest BCUT2D eigenvalue weighted by Gasteiger charge is -2.38. The van der Waals surface area contributed by atoms with E-state index >= 15 is 0 Å². The molecule has 0 saturated carbocycles. The second kappa shape index (κ2) is 5.19. The van der Waals surface area contributed by atoms with Crippen molar-refractivity contribution in [1.29, 1.82) is 0 Å². The van der Waals surface area contributed by atoms with Crippen LogP contribution >= 0.6 is 0 Å². The topological polar surface area (TPSA) is 82.7 Å². The number of amides is 1. The molecule has 2 rings (SSSR count). The molecule has 6 nitrogen and oxygen atoms in total. The molecule has 3 N–H and O–H groups in total. The van der Waals surface area contributed by atoms with Crippen molar-refractivity contribution in [2.24, 2.45) is 0 Å². The molecular formula is C14H22N4O2. The van der Waals surface area contributed by atoms with E-state index in [1.54, 1.807) is 17.2 Å². The molecule has 1 unspecified atom stereocenters. The summed E-state index contributed by atoms with van der Waals surface area (Å²) in [5.41, 5.74) is 6.17. The van der Waals surface area contributed by atoms with Crippen LogP contribution in [0.2, 0.25) is 0 Å². The van der Waals surface area contributed by atoms with Gasteiger partial charge in [-0.05, 0) is 39.3 Å². The molecule has 1 atom stereocenters. The summed E-state index contributed by atoms with van der Waals surface area (Å²) >= 11 is 0. The Kier molecular flexibility index (Phi) is 3.74. The standard InChI is InChI=1S/C14H22N4O2/c1-14(2,3)18(13(19)20)11-6-7-17(9-11)10-4-5-12(15)16-8-10/h4-5,8,11H,6-7,9H2,1-3H3,(H2,15,16)(H,19,20). The van der Waals surface area contributed by atoms with Crippen LogP contribution in [-0.4, -0.2) is 45.8 Å². The third-order valence-corrected chi connectivity index (χ3v) is 3.59. The molecule has 110 valence electrons. The van der Waals surface area contributed by atoms with Crippen molar-refractivity contribution in [1.82, 2.24) is 9.88 Å². The predicted molar refractivity (Wildman–Crippen MR) is 78.9 cm³/mol. The molecule has 1 aliphatic rings. The predicted octanol–water partition coefficient (Wildman–Crippen LogP) is 2.02. The van der Waals surface area contributed by atoms with Gasteiger partial charge in [-0.15, -0.1) is 0 Å². The van der Waals surface area contributed by atoms with E-state index in [9.17, 15) is 9.90 Å². The molecule has 1 aromatic rings. The zero-order chi connectivity index (χ0) is 14.9. The van der Waals surface area contributed by atoms with Crippen LogP contribution in [0, 0.1) is 0 Å². The van der Waals surface area contributed by atoms with E-state index in [4.69, 9.17) is 5.73 Å². The number of aromatic nitrogens is 1. The van der Waals surface area contributed by atoms with Crippen molar-refractivity contribution in [3.63, 3.8) is 0 Å². The molecule has 0 spiro atoms. The first-order valence-electron chi connectivity index (χ1n) is 6.78. The first-order chi connectivity index (χ1) is 9.29. The Balaban J connectivity index is 2.11. The number of nitrogens with two attached hydrogens (primary N) is 1. The van der Waals surface area contributed by atoms with Crippen LogP contribution in [0.5, 0.6) is 0 Å². The Morgan fingerprint density at radius 1 is 1.50 bits per heavy atom. The van der Waals surface area contributed by atoms with E-state index in [-0.39, 0.29) is 6.04 Å². The molecule has 1 fully saturated rings. The van der Waals surface area contributed by atoms with E-state index in [2.05, 4.69) is 9.88 Å². The maximum Gasteiger partial charge on any atom is 0.408 e. The molecule has 1 saturated heterocycles. The number of pyridine rings is 1. The van der Waals surface area contributed by atoms with Gasteiger partial charge in [0.2, 0.25) is 0 Å². The first kappa shape index (κ1) is 14.4. The van der Waals surface area contributed by atoms with Crippen LogP contribution in [-0.2, 0) is 0 Å². The van der Waals surface area contributed by atoms with Crippen LogP contribution in [0.3, 0.4) is 0 Å². The quantitative estimate of drug-likeness (QED) is 0.864. The van der Waals surface area contributed by atoms with Gasteiger partial charge in [0.05, 0.1) is 17.9 Å². The van der Waals surface area contributed by atoms with Gasteiger partial charge in [0.1, 0.15) is 5.82 Å². The minimum atomic E-state index is -0.861. The van der Waals surface area contributed by atoms with Gasteiger partial charge in [0, 0.05) is 18.6 Å². The highest BCUT2D eigenvalue weighted by Crippen LogP contribution is 2.27. The van der Waals surface area contributed by atoms with E-state index in [1.807, 2.05) is 26.8 Å². The highest BCUT2D eigenvalue weighted by molar-refractivity contribution is 5.67. The number of carbonyl (C=O) groups is 1. The Hall–Kier alpha value is -1.98. The van der Waals surface area contributed by atoms with Gasteiger partial charge in [-0.3, -0.25) is 4.90 Å². The van der Waals surface area contributed by atoms with Crippen LogP contribution in [0.1, 0.15) is 27.2 Å². The third kappa shape index (κ3) is 2.95. The van der Waals surface area contributed by atoms with Gasteiger partial charge in [0.25, 0.3) is 0 Å². The molecule has 0 aliphatic carbocycles. The number of nitrogens with zero attached hydrogens (tertiary/aromatic N) is 3. The summed E-state index contributed by atoms with van der Waals surface area (Å²) in [4.78, 5) is 19.3. The lowest BCUT2D eigenvalue weighted by Crippen LogP contribution is -2.52. The Morgan fingerprint density at radius 3 is 2.70 bits per heavy atom. The van der Waals surface area contributed by atoms with Crippen LogP contribution in [0.15, 0.2) is 18.3 Å². The van der Waals surface area contributed by atoms with Gasteiger partial charge in [-0.1, -0.05) is 0 Å². The van der Waals surface area contributed by atoms with Gasteiger partial charge >= 0.3 is 6.09 Å². The molecule has 1 amide bonds. The van der Waals surface area contributed by atoms with E-state index in [0.29, 0.717) is 12.4 Å². The minimum Gasteiger partial charge on any atom is -0.465 e. The van der Waals surface area contributed by atoms with Crippen molar-refractivity contribution >= 4 is 17.6 Å². The van der Waals surface area contributed by atoms with Crippen molar-refractivity contribution in [2.75, 3.05) is 23.7 Å². The van der Waals surface area contributed by atoms with Crippen molar-refractivity contribution in [3.05, 3.63) is 18.3 Å². The normalized spacial score (nSPS) is 19.1. The summed E-state index contributed by atoms with van der Waals surface area (Å²) in [6.07, 6.45) is 1.70.